The van der Waals surface area contributed by atoms with Crippen LogP contribution in [-0.2, 0) is 21.6 Å². The van der Waals surface area contributed by atoms with E-state index in [1.54, 1.807) is 7.11 Å². The lowest BCUT2D eigenvalue weighted by Gasteiger charge is -2.38. The Morgan fingerprint density at radius 3 is 2.37 bits per heavy atom. The Labute approximate surface area is 212 Å². The SMILES string of the molecule is CCN(CC)CCCC1(O)c2ccccc2CCCC1c1ccc(Cl)c(OC)c1.O=C(O)C(=O)O. The van der Waals surface area contributed by atoms with Gasteiger partial charge in [-0.1, -0.05) is 55.8 Å². The van der Waals surface area contributed by atoms with Crippen molar-refractivity contribution >= 4 is 23.5 Å². The van der Waals surface area contributed by atoms with Crippen LogP contribution in [0.1, 0.15) is 62.1 Å². The van der Waals surface area contributed by atoms with Crippen LogP contribution >= 0.6 is 11.6 Å². The molecule has 2 unspecified atom stereocenters. The molecule has 7 nitrogen and oxygen atoms in total. The molecule has 0 fully saturated rings. The first-order valence-electron chi connectivity index (χ1n) is 12.0. The molecule has 192 valence electrons. The van der Waals surface area contributed by atoms with Crippen LogP contribution in [0, 0.1) is 0 Å². The van der Waals surface area contributed by atoms with Gasteiger partial charge in [0.15, 0.2) is 0 Å². The first-order chi connectivity index (χ1) is 16.7. The number of carboxylic acids is 2. The standard InChI is InChI=1S/C25H34ClNO2.C2H2O4/c1-4-27(5-2)17-9-16-25(28)21-12-7-6-10-19(21)11-8-13-22(25)20-14-15-23(26)24(18-20)29-3;3-1(4)2(5)6/h6-7,10,12,14-15,18,22,28H,4-5,8-9,11,13,16-17H2,1-3H3;(H,3,4)(H,5,6). The number of fused-ring (bicyclic) bond motifs is 1. The fourth-order valence-corrected chi connectivity index (χ4v) is 5.03. The summed E-state index contributed by atoms with van der Waals surface area (Å²) >= 11 is 6.28. The maximum absolute atomic E-state index is 12.2. The number of benzene rings is 2. The molecule has 0 aliphatic heterocycles. The minimum Gasteiger partial charge on any atom is -0.495 e. The first kappa shape index (κ1) is 28.6. The quantitative estimate of drug-likeness (QED) is 0.344. The van der Waals surface area contributed by atoms with Crippen molar-refractivity contribution in [3.8, 4) is 5.75 Å². The van der Waals surface area contributed by atoms with Crippen LogP contribution < -0.4 is 4.74 Å². The number of nitrogens with zero attached hydrogens (tertiary/aromatic N) is 1. The first-order valence-corrected chi connectivity index (χ1v) is 12.4. The van der Waals surface area contributed by atoms with Crippen molar-refractivity contribution in [2.45, 2.75) is 57.5 Å². The zero-order valence-electron chi connectivity index (χ0n) is 20.7. The van der Waals surface area contributed by atoms with Crippen molar-refractivity contribution in [2.75, 3.05) is 26.7 Å². The third-order valence-corrected chi connectivity index (χ3v) is 7.00. The zero-order valence-corrected chi connectivity index (χ0v) is 21.4. The molecule has 2 aromatic carbocycles. The van der Waals surface area contributed by atoms with Crippen LogP contribution in [0.25, 0.3) is 0 Å². The summed E-state index contributed by atoms with van der Waals surface area (Å²) in [7, 11) is 1.64. The highest BCUT2D eigenvalue weighted by Gasteiger charge is 2.41. The fourth-order valence-electron chi connectivity index (χ4n) is 4.84. The average molecular weight is 506 g/mol. The van der Waals surface area contributed by atoms with Crippen LogP contribution in [-0.4, -0.2) is 58.9 Å². The summed E-state index contributed by atoms with van der Waals surface area (Å²) in [6.45, 7) is 7.49. The minimum atomic E-state index is -1.82. The third-order valence-electron chi connectivity index (χ3n) is 6.69. The number of aryl methyl sites for hydroxylation is 1. The molecule has 3 N–H and O–H groups in total. The van der Waals surface area contributed by atoms with E-state index >= 15 is 0 Å². The topological polar surface area (TPSA) is 107 Å². The Morgan fingerprint density at radius 2 is 1.77 bits per heavy atom. The number of aliphatic carboxylic acids is 2. The smallest absolute Gasteiger partial charge is 0.414 e. The number of hydrogen-bond donors (Lipinski definition) is 3. The zero-order chi connectivity index (χ0) is 26.0. The summed E-state index contributed by atoms with van der Waals surface area (Å²) in [5.74, 6) is -2.95. The molecule has 0 bridgehead atoms. The maximum atomic E-state index is 12.2. The summed E-state index contributed by atoms with van der Waals surface area (Å²) in [6, 6.07) is 14.4. The van der Waals surface area contributed by atoms with Gasteiger partial charge in [0.25, 0.3) is 0 Å². The molecular weight excluding hydrogens is 470 g/mol. The van der Waals surface area contributed by atoms with E-state index in [-0.39, 0.29) is 5.92 Å². The number of ether oxygens (including phenoxy) is 1. The Kier molecular flexibility index (Phi) is 11.0. The van der Waals surface area contributed by atoms with Crippen molar-refractivity contribution in [1.82, 2.24) is 4.90 Å². The number of carboxylic acid groups (broad SMARTS) is 2. The van der Waals surface area contributed by atoms with E-state index in [2.05, 4.69) is 49.1 Å². The minimum absolute atomic E-state index is 0.0222. The summed E-state index contributed by atoms with van der Waals surface area (Å²) in [5.41, 5.74) is 2.59. The molecule has 0 spiro atoms. The highest BCUT2D eigenvalue weighted by molar-refractivity contribution is 6.32. The number of methoxy groups -OCH3 is 1. The average Bonchev–Trinajstić information content (AvgIpc) is 2.99. The molecule has 2 atom stereocenters. The van der Waals surface area contributed by atoms with E-state index in [1.807, 2.05) is 12.1 Å². The molecule has 0 heterocycles. The summed E-state index contributed by atoms with van der Waals surface area (Å²) in [6.07, 6.45) is 4.73. The molecule has 1 aliphatic carbocycles. The van der Waals surface area contributed by atoms with Crippen molar-refractivity contribution in [3.05, 3.63) is 64.2 Å². The number of halogens is 1. The fraction of sp³-hybridized carbons (Fsp3) is 0.481. The normalized spacial score (nSPS) is 19.2. The monoisotopic (exact) mass is 505 g/mol. The Morgan fingerprint density at radius 1 is 1.11 bits per heavy atom. The lowest BCUT2D eigenvalue weighted by atomic mass is 9.73. The van der Waals surface area contributed by atoms with Gasteiger partial charge in [-0.05, 0) is 80.6 Å². The molecule has 0 amide bonds. The van der Waals surface area contributed by atoms with Gasteiger partial charge in [-0.15, -0.1) is 0 Å². The molecule has 35 heavy (non-hydrogen) atoms. The molecule has 0 radical (unpaired) electrons. The van der Waals surface area contributed by atoms with Gasteiger partial charge >= 0.3 is 11.9 Å². The highest BCUT2D eigenvalue weighted by Crippen LogP contribution is 2.48. The lowest BCUT2D eigenvalue weighted by Crippen LogP contribution is -2.35. The second-order valence-electron chi connectivity index (χ2n) is 8.66. The third kappa shape index (κ3) is 7.43. The summed E-state index contributed by atoms with van der Waals surface area (Å²) in [5, 5.41) is 27.6. The van der Waals surface area contributed by atoms with Crippen LogP contribution in [0.2, 0.25) is 5.02 Å². The predicted octanol–water partition coefficient (Wildman–Crippen LogP) is 4.93. The number of carbonyl (C=O) groups is 2. The van der Waals surface area contributed by atoms with E-state index < -0.39 is 17.5 Å². The van der Waals surface area contributed by atoms with E-state index in [0.29, 0.717) is 10.8 Å². The summed E-state index contributed by atoms with van der Waals surface area (Å²) in [4.78, 5) is 20.6. The van der Waals surface area contributed by atoms with E-state index in [0.717, 1.165) is 62.9 Å². The van der Waals surface area contributed by atoms with Gasteiger partial charge in [-0.2, -0.15) is 0 Å². The van der Waals surface area contributed by atoms with Gasteiger partial charge in [0.2, 0.25) is 0 Å². The molecule has 2 aromatic rings. The van der Waals surface area contributed by atoms with E-state index in [1.165, 1.54) is 5.56 Å². The van der Waals surface area contributed by atoms with Crippen molar-refractivity contribution < 1.29 is 29.6 Å². The maximum Gasteiger partial charge on any atom is 0.414 e. The van der Waals surface area contributed by atoms with Crippen molar-refractivity contribution in [1.29, 1.82) is 0 Å². The second kappa shape index (κ2) is 13.5. The van der Waals surface area contributed by atoms with Crippen molar-refractivity contribution in [3.63, 3.8) is 0 Å². The molecule has 0 aromatic heterocycles. The Bertz CT molecular complexity index is 981. The molecular formula is C27H36ClNO6. The predicted molar refractivity (Wildman–Crippen MR) is 136 cm³/mol. The van der Waals surface area contributed by atoms with Crippen LogP contribution in [0.4, 0.5) is 0 Å². The van der Waals surface area contributed by atoms with E-state index in [4.69, 9.17) is 36.1 Å². The highest BCUT2D eigenvalue weighted by atomic mass is 35.5. The largest absolute Gasteiger partial charge is 0.495 e. The van der Waals surface area contributed by atoms with Gasteiger partial charge in [0, 0.05) is 5.92 Å². The van der Waals surface area contributed by atoms with Gasteiger partial charge in [0.1, 0.15) is 5.75 Å². The van der Waals surface area contributed by atoms with Crippen molar-refractivity contribution in [2.24, 2.45) is 0 Å². The molecule has 1 aliphatic rings. The van der Waals surface area contributed by atoms with Gasteiger partial charge in [0.05, 0.1) is 17.7 Å². The van der Waals surface area contributed by atoms with Gasteiger partial charge in [-0.3, -0.25) is 0 Å². The second-order valence-corrected chi connectivity index (χ2v) is 9.07. The number of hydrogen-bond acceptors (Lipinski definition) is 5. The van der Waals surface area contributed by atoms with Gasteiger partial charge in [-0.25, -0.2) is 9.59 Å². The molecule has 0 saturated carbocycles. The van der Waals surface area contributed by atoms with Gasteiger partial charge < -0.3 is 25.0 Å². The molecule has 8 heteroatoms. The van der Waals surface area contributed by atoms with E-state index in [9.17, 15) is 5.11 Å². The van der Waals surface area contributed by atoms with Crippen LogP contribution in [0.15, 0.2) is 42.5 Å². The Hall–Kier alpha value is -2.61. The number of rotatable bonds is 8. The lowest BCUT2D eigenvalue weighted by molar-refractivity contribution is -0.159. The van der Waals surface area contributed by atoms with Crippen LogP contribution in [0.3, 0.4) is 0 Å². The summed E-state index contributed by atoms with van der Waals surface area (Å²) < 4.78 is 5.47. The molecule has 3 rings (SSSR count). The molecule has 0 saturated heterocycles. The Balaban J connectivity index is 0.000000641. The van der Waals surface area contributed by atoms with Crippen LogP contribution in [0.5, 0.6) is 5.75 Å². The number of aliphatic hydroxyl groups is 1.